The third-order valence-electron chi connectivity index (χ3n) is 4.05. The van der Waals surface area contributed by atoms with Crippen LogP contribution in [-0.4, -0.2) is 45.5 Å². The molecule has 1 unspecified atom stereocenters. The van der Waals surface area contributed by atoms with Gasteiger partial charge < -0.3 is 10.6 Å². The number of hydrogen-bond acceptors (Lipinski definition) is 4. The molecule has 23 heavy (non-hydrogen) atoms. The molecule has 0 aliphatic carbocycles. The molecule has 130 valence electrons. The van der Waals surface area contributed by atoms with Crippen LogP contribution in [0, 0.1) is 5.92 Å². The molecule has 0 aromatic carbocycles. The van der Waals surface area contributed by atoms with E-state index in [1.807, 2.05) is 6.92 Å². The van der Waals surface area contributed by atoms with Gasteiger partial charge in [-0.3, -0.25) is 4.99 Å². The van der Waals surface area contributed by atoms with Gasteiger partial charge >= 0.3 is 0 Å². The van der Waals surface area contributed by atoms with Crippen LogP contribution in [0.5, 0.6) is 0 Å². The summed E-state index contributed by atoms with van der Waals surface area (Å²) < 4.78 is 23.1. The van der Waals surface area contributed by atoms with Crippen LogP contribution in [0.4, 0.5) is 0 Å². The van der Waals surface area contributed by atoms with Crippen LogP contribution in [0.3, 0.4) is 0 Å². The van der Waals surface area contributed by atoms with Gasteiger partial charge in [0.05, 0.1) is 18.1 Å². The summed E-state index contributed by atoms with van der Waals surface area (Å²) in [6.07, 6.45) is 0.745. The molecule has 1 aromatic heterocycles. The number of guanidine groups is 1. The average Bonchev–Trinajstić information content (AvgIpc) is 3.12. The molecule has 1 saturated heterocycles. The molecular formula is C16H27N3O2S2. The Kier molecular flexibility index (Phi) is 6.08. The minimum Gasteiger partial charge on any atom is -0.357 e. The number of hydrogen-bond donors (Lipinski definition) is 2. The van der Waals surface area contributed by atoms with E-state index >= 15 is 0 Å². The van der Waals surface area contributed by atoms with Crippen molar-refractivity contribution in [1.82, 2.24) is 10.6 Å². The maximum Gasteiger partial charge on any atom is 0.191 e. The Balaban J connectivity index is 1.92. The molecule has 1 aliphatic rings. The maximum atomic E-state index is 11.5. The van der Waals surface area contributed by atoms with Crippen molar-refractivity contribution in [2.75, 3.05) is 31.1 Å². The van der Waals surface area contributed by atoms with Crippen LogP contribution >= 0.6 is 11.3 Å². The van der Waals surface area contributed by atoms with E-state index < -0.39 is 9.84 Å². The molecule has 1 fully saturated rings. The average molecular weight is 358 g/mol. The number of thiophene rings is 1. The third kappa shape index (κ3) is 5.49. The lowest BCUT2D eigenvalue weighted by Gasteiger charge is -2.22. The summed E-state index contributed by atoms with van der Waals surface area (Å²) in [5.74, 6) is 1.56. The fraction of sp³-hybridized carbons (Fsp3) is 0.688. The van der Waals surface area contributed by atoms with Crippen molar-refractivity contribution < 1.29 is 8.42 Å². The molecule has 1 aliphatic heterocycles. The molecule has 2 rings (SSSR count). The van der Waals surface area contributed by atoms with E-state index in [2.05, 4.69) is 42.0 Å². The van der Waals surface area contributed by atoms with Gasteiger partial charge in [-0.1, -0.05) is 19.9 Å². The van der Waals surface area contributed by atoms with Crippen molar-refractivity contribution in [1.29, 1.82) is 0 Å². The smallest absolute Gasteiger partial charge is 0.191 e. The summed E-state index contributed by atoms with van der Waals surface area (Å²) in [7, 11) is -2.82. The van der Waals surface area contributed by atoms with Crippen LogP contribution in [0.25, 0.3) is 0 Å². The molecule has 0 radical (unpaired) electrons. The molecule has 5 nitrogen and oxygen atoms in total. The summed E-state index contributed by atoms with van der Waals surface area (Å²) in [6.45, 7) is 8.54. The first-order valence-electron chi connectivity index (χ1n) is 8.09. The van der Waals surface area contributed by atoms with Crippen LogP contribution in [0.1, 0.15) is 32.1 Å². The molecule has 1 atom stereocenters. The largest absolute Gasteiger partial charge is 0.357 e. The predicted molar refractivity (Wildman–Crippen MR) is 98.1 cm³/mol. The van der Waals surface area contributed by atoms with E-state index in [1.54, 1.807) is 11.3 Å². The van der Waals surface area contributed by atoms with Gasteiger partial charge in [0.1, 0.15) is 0 Å². The Morgan fingerprint density at radius 1 is 1.43 bits per heavy atom. The lowest BCUT2D eigenvalue weighted by Crippen LogP contribution is -2.41. The highest BCUT2D eigenvalue weighted by atomic mass is 32.2. The van der Waals surface area contributed by atoms with Crippen molar-refractivity contribution in [2.45, 2.75) is 32.6 Å². The Hall–Kier alpha value is -1.08. The second kappa shape index (κ2) is 7.66. The Bertz CT molecular complexity index is 622. The summed E-state index contributed by atoms with van der Waals surface area (Å²) in [4.78, 5) is 6.01. The lowest BCUT2D eigenvalue weighted by molar-refractivity contribution is 0.541. The van der Waals surface area contributed by atoms with Crippen molar-refractivity contribution in [3.8, 4) is 0 Å². The number of rotatable bonds is 6. The van der Waals surface area contributed by atoms with Crippen molar-refractivity contribution in [2.24, 2.45) is 10.9 Å². The van der Waals surface area contributed by atoms with Gasteiger partial charge in [0.25, 0.3) is 0 Å². The quantitative estimate of drug-likeness (QED) is 0.604. The van der Waals surface area contributed by atoms with Crippen molar-refractivity contribution >= 4 is 27.1 Å². The first kappa shape index (κ1) is 18.3. The molecule has 7 heteroatoms. The van der Waals surface area contributed by atoms with Crippen molar-refractivity contribution in [3.63, 3.8) is 0 Å². The normalized spacial score (nSPS) is 21.3. The Morgan fingerprint density at radius 2 is 2.22 bits per heavy atom. The van der Waals surface area contributed by atoms with Crippen molar-refractivity contribution in [3.05, 3.63) is 22.4 Å². The van der Waals surface area contributed by atoms with E-state index in [9.17, 15) is 8.42 Å². The number of nitrogens with zero attached hydrogens (tertiary/aromatic N) is 1. The molecule has 2 N–H and O–H groups in total. The topological polar surface area (TPSA) is 70.6 Å². The summed E-state index contributed by atoms with van der Waals surface area (Å²) in [5, 5.41) is 8.62. The minimum absolute atomic E-state index is 0.00673. The van der Waals surface area contributed by atoms with E-state index in [0.29, 0.717) is 24.6 Å². The molecule has 0 spiro atoms. The number of aliphatic imine (C=N–C) groups is 1. The highest BCUT2D eigenvalue weighted by Gasteiger charge is 2.28. The van der Waals surface area contributed by atoms with E-state index in [1.165, 1.54) is 4.88 Å². The van der Waals surface area contributed by atoms with Gasteiger partial charge in [0.2, 0.25) is 0 Å². The standard InChI is InChI=1S/C16H27N3O2S2/c1-4-17-15(18-10-13-7-9-23(20,21)11-13)19-12-16(2,3)14-6-5-8-22-14/h5-6,8,13H,4,7,9-12H2,1-3H3,(H2,17,18,19). The third-order valence-corrected chi connectivity index (χ3v) is 7.12. The molecule has 1 aromatic rings. The van der Waals surface area contributed by atoms with Gasteiger partial charge in [0, 0.05) is 23.4 Å². The van der Waals surface area contributed by atoms with Crippen LogP contribution in [0.15, 0.2) is 22.5 Å². The molecule has 0 bridgehead atoms. The second-order valence-electron chi connectivity index (χ2n) is 6.71. The zero-order chi connectivity index (χ0) is 16.9. The molecular weight excluding hydrogens is 330 g/mol. The zero-order valence-corrected chi connectivity index (χ0v) is 15.8. The summed E-state index contributed by atoms with van der Waals surface area (Å²) in [6, 6.07) is 4.21. The Labute approximate surface area is 143 Å². The van der Waals surface area contributed by atoms with Crippen LogP contribution < -0.4 is 10.6 Å². The van der Waals surface area contributed by atoms with Gasteiger partial charge in [-0.05, 0) is 30.7 Å². The number of nitrogens with one attached hydrogen (secondary N) is 2. The highest BCUT2D eigenvalue weighted by molar-refractivity contribution is 7.91. The summed E-state index contributed by atoms with van der Waals surface area (Å²) >= 11 is 1.75. The Morgan fingerprint density at radius 3 is 2.78 bits per heavy atom. The van der Waals surface area contributed by atoms with E-state index in [4.69, 9.17) is 4.99 Å². The fourth-order valence-corrected chi connectivity index (χ4v) is 5.34. The molecule has 0 amide bonds. The molecule has 2 heterocycles. The second-order valence-corrected chi connectivity index (χ2v) is 9.88. The summed E-state index contributed by atoms with van der Waals surface area (Å²) in [5.41, 5.74) is -0.00673. The lowest BCUT2D eigenvalue weighted by atomic mass is 9.92. The van der Waals surface area contributed by atoms with Crippen LogP contribution in [0.2, 0.25) is 0 Å². The zero-order valence-electron chi connectivity index (χ0n) is 14.1. The fourth-order valence-electron chi connectivity index (χ4n) is 2.63. The van der Waals surface area contributed by atoms with E-state index in [0.717, 1.165) is 18.9 Å². The number of sulfone groups is 1. The SMILES string of the molecule is CCNC(=NCC(C)(C)c1cccs1)NCC1CCS(=O)(=O)C1. The van der Waals surface area contributed by atoms with Crippen LogP contribution in [-0.2, 0) is 15.3 Å². The first-order valence-corrected chi connectivity index (χ1v) is 10.8. The van der Waals surface area contributed by atoms with Gasteiger partial charge in [-0.2, -0.15) is 0 Å². The van der Waals surface area contributed by atoms with Gasteiger partial charge in [-0.15, -0.1) is 11.3 Å². The first-order chi connectivity index (χ1) is 10.8. The minimum atomic E-state index is -2.82. The predicted octanol–water partition coefficient (Wildman–Crippen LogP) is 2.02. The molecule has 0 saturated carbocycles. The highest BCUT2D eigenvalue weighted by Crippen LogP contribution is 2.27. The van der Waals surface area contributed by atoms with Gasteiger partial charge in [0.15, 0.2) is 15.8 Å². The maximum absolute atomic E-state index is 11.5. The monoisotopic (exact) mass is 357 g/mol. The van der Waals surface area contributed by atoms with Gasteiger partial charge in [-0.25, -0.2) is 8.42 Å². The van der Waals surface area contributed by atoms with E-state index in [-0.39, 0.29) is 11.3 Å².